The van der Waals surface area contributed by atoms with Crippen molar-refractivity contribution in [1.82, 2.24) is 9.97 Å². The summed E-state index contributed by atoms with van der Waals surface area (Å²) in [7, 11) is 0. The summed E-state index contributed by atoms with van der Waals surface area (Å²) in [5.41, 5.74) is 4.76. The van der Waals surface area contributed by atoms with E-state index in [1.807, 2.05) is 12.4 Å². The molecule has 0 aliphatic heterocycles. The van der Waals surface area contributed by atoms with E-state index in [-0.39, 0.29) is 0 Å². The Morgan fingerprint density at radius 1 is 1.07 bits per heavy atom. The van der Waals surface area contributed by atoms with E-state index in [4.69, 9.17) is 0 Å². The number of para-hydroxylation sites is 1. The van der Waals surface area contributed by atoms with Gasteiger partial charge >= 0.3 is 0 Å². The normalized spacial score (nSPS) is 11.3. The summed E-state index contributed by atoms with van der Waals surface area (Å²) in [6, 6.07) is 6.29. The summed E-state index contributed by atoms with van der Waals surface area (Å²) in [5.74, 6) is 0. The average Bonchev–Trinajstić information content (AvgIpc) is 2.61. The molecule has 3 aromatic rings. The number of nitrogens with one attached hydrogen (secondary N) is 1. The van der Waals surface area contributed by atoms with Crippen molar-refractivity contribution in [3.05, 3.63) is 41.7 Å². The van der Waals surface area contributed by atoms with Gasteiger partial charge in [-0.05, 0) is 25.0 Å². The van der Waals surface area contributed by atoms with E-state index in [0.717, 1.165) is 5.52 Å². The average molecular weight is 196 g/mol. The molecule has 1 aromatic carbocycles. The van der Waals surface area contributed by atoms with Gasteiger partial charge in [0.25, 0.3) is 0 Å². The summed E-state index contributed by atoms with van der Waals surface area (Å²) < 4.78 is 0. The molecule has 0 spiro atoms. The van der Waals surface area contributed by atoms with Crippen molar-refractivity contribution in [3.63, 3.8) is 0 Å². The van der Waals surface area contributed by atoms with E-state index in [2.05, 4.69) is 42.0 Å². The van der Waals surface area contributed by atoms with Crippen molar-refractivity contribution in [2.75, 3.05) is 0 Å². The number of aryl methyl sites for hydroxylation is 2. The van der Waals surface area contributed by atoms with Gasteiger partial charge in [-0.3, -0.25) is 4.98 Å². The fourth-order valence-corrected chi connectivity index (χ4v) is 2.08. The van der Waals surface area contributed by atoms with Gasteiger partial charge in [0.2, 0.25) is 0 Å². The number of nitrogens with zero attached hydrogens (tertiary/aromatic N) is 1. The van der Waals surface area contributed by atoms with Crippen LogP contribution in [0.2, 0.25) is 0 Å². The second-order valence-corrected chi connectivity index (χ2v) is 3.99. The molecule has 0 saturated heterocycles. The van der Waals surface area contributed by atoms with E-state index >= 15 is 0 Å². The Labute approximate surface area is 88.0 Å². The topological polar surface area (TPSA) is 28.7 Å². The van der Waals surface area contributed by atoms with Crippen LogP contribution in [0.3, 0.4) is 0 Å². The first-order chi connectivity index (χ1) is 7.27. The minimum atomic E-state index is 1.09. The van der Waals surface area contributed by atoms with Crippen LogP contribution in [-0.2, 0) is 0 Å². The van der Waals surface area contributed by atoms with Crippen LogP contribution >= 0.6 is 0 Å². The second-order valence-electron chi connectivity index (χ2n) is 3.99. The Morgan fingerprint density at radius 2 is 1.93 bits per heavy atom. The second kappa shape index (κ2) is 2.83. The molecule has 0 radical (unpaired) electrons. The summed E-state index contributed by atoms with van der Waals surface area (Å²) in [5, 5.41) is 2.42. The number of benzene rings is 1. The molecule has 2 heteroatoms. The Morgan fingerprint density at radius 3 is 2.80 bits per heavy atom. The van der Waals surface area contributed by atoms with Gasteiger partial charge in [-0.25, -0.2) is 0 Å². The SMILES string of the molecule is Cc1c[nH]c2c1cnc1c(C)cccc12. The number of aromatic amines is 1. The number of fused-ring (bicyclic) bond motifs is 3. The zero-order valence-corrected chi connectivity index (χ0v) is 8.83. The van der Waals surface area contributed by atoms with Gasteiger partial charge in [0, 0.05) is 23.2 Å². The molecule has 0 unspecified atom stereocenters. The summed E-state index contributed by atoms with van der Waals surface area (Å²) in [4.78, 5) is 7.84. The zero-order valence-electron chi connectivity index (χ0n) is 8.83. The van der Waals surface area contributed by atoms with E-state index in [1.165, 1.54) is 27.4 Å². The Kier molecular flexibility index (Phi) is 1.60. The van der Waals surface area contributed by atoms with Crippen LogP contribution in [0, 0.1) is 13.8 Å². The molecule has 1 N–H and O–H groups in total. The van der Waals surface area contributed by atoms with Crippen LogP contribution in [0.25, 0.3) is 21.8 Å². The van der Waals surface area contributed by atoms with E-state index < -0.39 is 0 Å². The predicted molar refractivity (Wildman–Crippen MR) is 63.1 cm³/mol. The molecule has 0 aliphatic rings. The first kappa shape index (κ1) is 8.48. The van der Waals surface area contributed by atoms with E-state index in [0.29, 0.717) is 0 Å². The van der Waals surface area contributed by atoms with Crippen molar-refractivity contribution in [2.45, 2.75) is 13.8 Å². The Balaban J connectivity index is 2.61. The molecule has 2 nitrogen and oxygen atoms in total. The van der Waals surface area contributed by atoms with Gasteiger partial charge in [-0.1, -0.05) is 18.2 Å². The third-order valence-electron chi connectivity index (χ3n) is 2.96. The first-order valence-corrected chi connectivity index (χ1v) is 5.09. The lowest BCUT2D eigenvalue weighted by atomic mass is 10.1. The quantitative estimate of drug-likeness (QED) is 0.587. The number of hydrogen-bond donors (Lipinski definition) is 1. The first-order valence-electron chi connectivity index (χ1n) is 5.09. The van der Waals surface area contributed by atoms with Crippen molar-refractivity contribution < 1.29 is 0 Å². The molecule has 0 amide bonds. The maximum atomic E-state index is 4.52. The molecule has 0 aliphatic carbocycles. The van der Waals surface area contributed by atoms with E-state index in [1.54, 1.807) is 0 Å². The number of hydrogen-bond acceptors (Lipinski definition) is 1. The number of H-pyrrole nitrogens is 1. The minimum absolute atomic E-state index is 1.09. The number of aromatic nitrogens is 2. The lowest BCUT2D eigenvalue weighted by Gasteiger charge is -2.02. The summed E-state index contributed by atoms with van der Waals surface area (Å²) >= 11 is 0. The molecule has 0 saturated carbocycles. The molecule has 2 aromatic heterocycles. The maximum Gasteiger partial charge on any atom is 0.0752 e. The highest BCUT2D eigenvalue weighted by Gasteiger charge is 2.06. The van der Waals surface area contributed by atoms with Crippen LogP contribution in [0.4, 0.5) is 0 Å². The third-order valence-corrected chi connectivity index (χ3v) is 2.96. The minimum Gasteiger partial charge on any atom is -0.360 e. The molecule has 74 valence electrons. The molecule has 3 rings (SSSR count). The lowest BCUT2D eigenvalue weighted by molar-refractivity contribution is 1.38. The maximum absolute atomic E-state index is 4.52. The molecule has 15 heavy (non-hydrogen) atoms. The summed E-state index contributed by atoms with van der Waals surface area (Å²) in [6.07, 6.45) is 3.99. The van der Waals surface area contributed by atoms with Crippen LogP contribution < -0.4 is 0 Å². The van der Waals surface area contributed by atoms with Gasteiger partial charge in [0.15, 0.2) is 0 Å². The van der Waals surface area contributed by atoms with Crippen LogP contribution in [-0.4, -0.2) is 9.97 Å². The fraction of sp³-hybridized carbons (Fsp3) is 0.154. The highest BCUT2D eigenvalue weighted by molar-refractivity contribution is 6.05. The summed E-state index contributed by atoms with van der Waals surface area (Å²) in [6.45, 7) is 4.19. The van der Waals surface area contributed by atoms with Gasteiger partial charge in [0.05, 0.1) is 11.0 Å². The largest absolute Gasteiger partial charge is 0.360 e. The van der Waals surface area contributed by atoms with E-state index in [9.17, 15) is 0 Å². The molecule has 0 fully saturated rings. The Hall–Kier alpha value is -1.83. The molecule has 0 atom stereocenters. The third kappa shape index (κ3) is 1.08. The van der Waals surface area contributed by atoms with Gasteiger partial charge < -0.3 is 4.98 Å². The fourth-order valence-electron chi connectivity index (χ4n) is 2.08. The van der Waals surface area contributed by atoms with Crippen molar-refractivity contribution in [3.8, 4) is 0 Å². The smallest absolute Gasteiger partial charge is 0.0752 e. The van der Waals surface area contributed by atoms with Gasteiger partial charge in [0.1, 0.15) is 0 Å². The number of rotatable bonds is 0. The van der Waals surface area contributed by atoms with Crippen molar-refractivity contribution >= 4 is 21.8 Å². The highest BCUT2D eigenvalue weighted by atomic mass is 14.7. The molecule has 0 bridgehead atoms. The Bertz CT molecular complexity index is 650. The van der Waals surface area contributed by atoms with Crippen molar-refractivity contribution in [1.29, 1.82) is 0 Å². The monoisotopic (exact) mass is 196 g/mol. The highest BCUT2D eigenvalue weighted by Crippen LogP contribution is 2.26. The van der Waals surface area contributed by atoms with Crippen LogP contribution in [0.1, 0.15) is 11.1 Å². The standard InChI is InChI=1S/C13H12N2/c1-8-4-3-5-10-12(8)15-7-11-9(2)6-14-13(10)11/h3-7,14H,1-2H3. The molecular formula is C13H12N2. The van der Waals surface area contributed by atoms with Crippen LogP contribution in [0.5, 0.6) is 0 Å². The van der Waals surface area contributed by atoms with Crippen molar-refractivity contribution in [2.24, 2.45) is 0 Å². The van der Waals surface area contributed by atoms with Gasteiger partial charge in [-0.15, -0.1) is 0 Å². The van der Waals surface area contributed by atoms with Crippen LogP contribution in [0.15, 0.2) is 30.6 Å². The van der Waals surface area contributed by atoms with Gasteiger partial charge in [-0.2, -0.15) is 0 Å². The predicted octanol–water partition coefficient (Wildman–Crippen LogP) is 3.33. The zero-order chi connectivity index (χ0) is 10.4. The molecular weight excluding hydrogens is 184 g/mol. The molecule has 2 heterocycles. The number of pyridine rings is 1. The lowest BCUT2D eigenvalue weighted by Crippen LogP contribution is -1.84.